The van der Waals surface area contributed by atoms with E-state index in [9.17, 15) is 14.0 Å². The second-order valence-corrected chi connectivity index (χ2v) is 10.0. The first-order chi connectivity index (χ1) is 14.8. The molecule has 2 N–H and O–H groups in total. The summed E-state index contributed by atoms with van der Waals surface area (Å²) in [5.41, 5.74) is 0.712. The van der Waals surface area contributed by atoms with Crippen molar-refractivity contribution in [3.05, 3.63) is 41.8 Å². The molecule has 3 amide bonds. The summed E-state index contributed by atoms with van der Waals surface area (Å²) in [6.45, 7) is 14.6. The van der Waals surface area contributed by atoms with Crippen molar-refractivity contribution in [1.29, 1.82) is 0 Å². The molecule has 1 aromatic heterocycles. The molecule has 1 aromatic carbocycles. The maximum atomic E-state index is 13.5. The van der Waals surface area contributed by atoms with Gasteiger partial charge in [0.1, 0.15) is 18.2 Å². The minimum absolute atomic E-state index is 0.124. The number of hydrogen-bond acceptors (Lipinski definition) is 3. The fourth-order valence-corrected chi connectivity index (χ4v) is 3.07. The Bertz CT molecular complexity index is 941. The number of halogens is 1. The molecule has 0 spiro atoms. The predicted octanol–water partition coefficient (Wildman–Crippen LogP) is 5.35. The van der Waals surface area contributed by atoms with Crippen LogP contribution in [0.15, 0.2) is 30.3 Å². The van der Waals surface area contributed by atoms with Gasteiger partial charge in [-0.3, -0.25) is 4.79 Å². The lowest BCUT2D eigenvalue weighted by atomic mass is 9.92. The van der Waals surface area contributed by atoms with Crippen molar-refractivity contribution in [1.82, 2.24) is 14.7 Å². The Labute approximate surface area is 190 Å². The highest BCUT2D eigenvalue weighted by Crippen LogP contribution is 2.28. The van der Waals surface area contributed by atoms with Gasteiger partial charge in [0.2, 0.25) is 5.91 Å². The SMILES string of the molecule is CCCCN(CC(=O)Nc1cc(C(C)(C)C)nn1C(C)(C)C)C(=O)Nc1cccc(F)c1. The van der Waals surface area contributed by atoms with E-state index < -0.39 is 11.8 Å². The van der Waals surface area contributed by atoms with Gasteiger partial charge < -0.3 is 15.5 Å². The summed E-state index contributed by atoms with van der Waals surface area (Å²) >= 11 is 0. The van der Waals surface area contributed by atoms with Crippen LogP contribution < -0.4 is 10.6 Å². The number of aromatic nitrogens is 2. The Kier molecular flexibility index (Phi) is 8.04. The maximum absolute atomic E-state index is 13.5. The van der Waals surface area contributed by atoms with Crippen LogP contribution in [0, 0.1) is 5.82 Å². The van der Waals surface area contributed by atoms with Crippen molar-refractivity contribution in [3.8, 4) is 0 Å². The zero-order valence-corrected chi connectivity index (χ0v) is 20.3. The van der Waals surface area contributed by atoms with Gasteiger partial charge in [-0.1, -0.05) is 40.2 Å². The van der Waals surface area contributed by atoms with E-state index in [0.29, 0.717) is 18.1 Å². The Morgan fingerprint density at radius 2 is 1.78 bits per heavy atom. The Morgan fingerprint density at radius 1 is 1.09 bits per heavy atom. The number of carbonyl (C=O) groups is 2. The molecule has 32 heavy (non-hydrogen) atoms. The van der Waals surface area contributed by atoms with Crippen molar-refractivity contribution < 1.29 is 14.0 Å². The third kappa shape index (κ3) is 7.07. The fourth-order valence-electron chi connectivity index (χ4n) is 3.07. The summed E-state index contributed by atoms with van der Waals surface area (Å²) in [5, 5.41) is 10.3. The topological polar surface area (TPSA) is 79.3 Å². The van der Waals surface area contributed by atoms with Gasteiger partial charge in [-0.15, -0.1) is 0 Å². The predicted molar refractivity (Wildman–Crippen MR) is 126 cm³/mol. The van der Waals surface area contributed by atoms with Crippen molar-refractivity contribution in [2.45, 2.75) is 72.3 Å². The van der Waals surface area contributed by atoms with Crippen LogP contribution >= 0.6 is 0 Å². The second kappa shape index (κ2) is 10.1. The molecule has 0 aliphatic carbocycles. The summed E-state index contributed by atoms with van der Waals surface area (Å²) in [4.78, 5) is 27.1. The monoisotopic (exact) mass is 445 g/mol. The number of amides is 3. The summed E-state index contributed by atoms with van der Waals surface area (Å²) < 4.78 is 15.3. The summed E-state index contributed by atoms with van der Waals surface area (Å²) in [6, 6.07) is 7.11. The average Bonchev–Trinajstić information content (AvgIpc) is 3.09. The van der Waals surface area contributed by atoms with Gasteiger partial charge in [-0.2, -0.15) is 5.10 Å². The molecule has 8 heteroatoms. The molecule has 0 bridgehead atoms. The number of hydrogen-bond donors (Lipinski definition) is 2. The molecule has 2 aromatic rings. The van der Waals surface area contributed by atoms with E-state index in [1.165, 1.54) is 23.1 Å². The first-order valence-corrected chi connectivity index (χ1v) is 11.0. The number of nitrogens with zero attached hydrogens (tertiary/aromatic N) is 3. The van der Waals surface area contributed by atoms with E-state index in [4.69, 9.17) is 5.10 Å². The van der Waals surface area contributed by atoms with Gasteiger partial charge in [-0.05, 0) is 45.4 Å². The third-order valence-corrected chi connectivity index (χ3v) is 4.86. The minimum atomic E-state index is -0.445. The normalized spacial score (nSPS) is 11.9. The molecule has 0 saturated carbocycles. The number of carbonyl (C=O) groups excluding carboxylic acids is 2. The van der Waals surface area contributed by atoms with Crippen molar-refractivity contribution in [2.24, 2.45) is 0 Å². The molecule has 0 unspecified atom stereocenters. The van der Waals surface area contributed by atoms with Crippen LogP contribution in [-0.2, 0) is 15.7 Å². The maximum Gasteiger partial charge on any atom is 0.322 e. The first-order valence-electron chi connectivity index (χ1n) is 11.0. The first kappa shape index (κ1) is 25.4. The van der Waals surface area contributed by atoms with Crippen LogP contribution in [0.25, 0.3) is 0 Å². The number of urea groups is 1. The van der Waals surface area contributed by atoms with Crippen LogP contribution in [0.4, 0.5) is 20.7 Å². The number of anilines is 2. The van der Waals surface area contributed by atoms with E-state index in [2.05, 4.69) is 31.4 Å². The number of rotatable bonds is 7. The van der Waals surface area contributed by atoms with E-state index in [0.717, 1.165) is 18.5 Å². The largest absolute Gasteiger partial charge is 0.322 e. The van der Waals surface area contributed by atoms with E-state index in [1.807, 2.05) is 33.8 Å². The smallest absolute Gasteiger partial charge is 0.315 e. The van der Waals surface area contributed by atoms with Gasteiger partial charge in [0, 0.05) is 23.7 Å². The molecule has 2 rings (SSSR count). The van der Waals surface area contributed by atoms with Gasteiger partial charge in [-0.25, -0.2) is 13.9 Å². The van der Waals surface area contributed by atoms with Gasteiger partial charge in [0.25, 0.3) is 0 Å². The van der Waals surface area contributed by atoms with Gasteiger partial charge >= 0.3 is 6.03 Å². The summed E-state index contributed by atoms with van der Waals surface area (Å²) in [6.07, 6.45) is 1.62. The average molecular weight is 446 g/mol. The molecule has 1 heterocycles. The third-order valence-electron chi connectivity index (χ3n) is 4.86. The van der Waals surface area contributed by atoms with Crippen molar-refractivity contribution in [2.75, 3.05) is 23.7 Å². The Balaban J connectivity index is 2.18. The molecule has 0 atom stereocenters. The molecule has 0 aliphatic heterocycles. The highest BCUT2D eigenvalue weighted by molar-refractivity contribution is 5.96. The van der Waals surface area contributed by atoms with Gasteiger partial charge in [0.05, 0.1) is 11.2 Å². The zero-order chi connectivity index (χ0) is 24.1. The van der Waals surface area contributed by atoms with E-state index in [-0.39, 0.29) is 23.4 Å². The molecule has 0 radical (unpaired) electrons. The number of benzene rings is 1. The van der Waals surface area contributed by atoms with Crippen LogP contribution in [0.1, 0.15) is 67.0 Å². The molecule has 0 fully saturated rings. The molecule has 0 saturated heterocycles. The van der Waals surface area contributed by atoms with Crippen LogP contribution in [-0.4, -0.2) is 39.7 Å². The molecule has 176 valence electrons. The van der Waals surface area contributed by atoms with Crippen LogP contribution in [0.2, 0.25) is 0 Å². The number of unbranched alkanes of at least 4 members (excludes halogenated alkanes) is 1. The number of nitrogens with one attached hydrogen (secondary N) is 2. The molecule has 7 nitrogen and oxygen atoms in total. The molecular weight excluding hydrogens is 409 g/mol. The highest BCUT2D eigenvalue weighted by atomic mass is 19.1. The quantitative estimate of drug-likeness (QED) is 0.603. The summed E-state index contributed by atoms with van der Waals surface area (Å²) in [5.74, 6) is -0.166. The van der Waals surface area contributed by atoms with Crippen LogP contribution in [0.3, 0.4) is 0 Å². The standard InChI is InChI=1S/C24H36FN5O2/c1-8-9-13-29(22(32)26-18-12-10-11-17(25)14-18)16-21(31)27-20-15-19(23(2,3)4)28-30(20)24(5,6)7/h10-12,14-15H,8-9,13,16H2,1-7H3,(H,26,32)(H,27,31). The Hall–Kier alpha value is -2.90. The lowest BCUT2D eigenvalue weighted by molar-refractivity contribution is -0.116. The lowest BCUT2D eigenvalue weighted by Crippen LogP contribution is -2.41. The van der Waals surface area contributed by atoms with Crippen molar-refractivity contribution >= 4 is 23.4 Å². The summed E-state index contributed by atoms with van der Waals surface area (Å²) in [7, 11) is 0. The fraction of sp³-hybridized carbons (Fsp3) is 0.542. The highest BCUT2D eigenvalue weighted by Gasteiger charge is 2.26. The molecular formula is C24H36FN5O2. The second-order valence-electron chi connectivity index (χ2n) is 10.0. The van der Waals surface area contributed by atoms with Crippen molar-refractivity contribution in [3.63, 3.8) is 0 Å². The van der Waals surface area contributed by atoms with E-state index in [1.54, 1.807) is 10.7 Å². The lowest BCUT2D eigenvalue weighted by Gasteiger charge is -2.25. The molecule has 0 aliphatic rings. The van der Waals surface area contributed by atoms with Gasteiger partial charge in [0.15, 0.2) is 0 Å². The Morgan fingerprint density at radius 3 is 2.34 bits per heavy atom. The van der Waals surface area contributed by atoms with E-state index >= 15 is 0 Å². The minimum Gasteiger partial charge on any atom is -0.315 e. The van der Waals surface area contributed by atoms with Crippen LogP contribution in [0.5, 0.6) is 0 Å². The zero-order valence-electron chi connectivity index (χ0n) is 20.3.